The Hall–Kier alpha value is -3.43. The number of ether oxygens (including phenoxy) is 1. The number of fused-ring (bicyclic) bond motifs is 1. The van der Waals surface area contributed by atoms with Gasteiger partial charge in [-0.3, -0.25) is 14.5 Å². The van der Waals surface area contributed by atoms with Crippen LogP contribution in [0.2, 0.25) is 0 Å². The zero-order valence-corrected chi connectivity index (χ0v) is 18.5. The van der Waals surface area contributed by atoms with E-state index in [1.54, 1.807) is 17.0 Å². The molecule has 1 aliphatic rings. The summed E-state index contributed by atoms with van der Waals surface area (Å²) in [5.41, 5.74) is 1.03. The summed E-state index contributed by atoms with van der Waals surface area (Å²) < 4.78 is 33.0. The fraction of sp³-hybridized carbons (Fsp3) is 0.217. The number of para-hydroxylation sites is 2. The fourth-order valence-electron chi connectivity index (χ4n) is 3.64. The molecular weight excluding hydrogens is 430 g/mol. The number of hydrogen-bond donors (Lipinski definition) is 0. The van der Waals surface area contributed by atoms with Crippen LogP contribution in [0.1, 0.15) is 11.6 Å². The molecule has 3 aromatic rings. The monoisotopic (exact) mass is 453 g/mol. The van der Waals surface area contributed by atoms with Crippen LogP contribution in [0, 0.1) is 0 Å². The van der Waals surface area contributed by atoms with Crippen molar-refractivity contribution in [2.75, 3.05) is 25.6 Å². The average Bonchev–Trinajstić information content (AvgIpc) is 2.80. The summed E-state index contributed by atoms with van der Waals surface area (Å²) in [6, 6.07) is 18.7. The second-order valence-electron chi connectivity index (χ2n) is 7.59. The molecule has 1 atom stereocenters. The Labute approximate surface area is 186 Å². The molecule has 0 bridgehead atoms. The number of sulfonamides is 1. The van der Waals surface area contributed by atoms with Crippen LogP contribution < -0.4 is 15.2 Å². The highest BCUT2D eigenvalue weighted by atomic mass is 32.2. The van der Waals surface area contributed by atoms with Gasteiger partial charge in [-0.1, -0.05) is 42.5 Å². The Balaban J connectivity index is 1.73. The van der Waals surface area contributed by atoms with E-state index in [0.29, 0.717) is 11.4 Å². The highest BCUT2D eigenvalue weighted by molar-refractivity contribution is 7.89. The molecule has 166 valence electrons. The van der Waals surface area contributed by atoms with E-state index in [9.17, 15) is 18.0 Å². The summed E-state index contributed by atoms with van der Waals surface area (Å²) in [7, 11) is -0.935. The smallest absolute Gasteiger partial charge is 0.251 e. The summed E-state index contributed by atoms with van der Waals surface area (Å²) >= 11 is 0. The van der Waals surface area contributed by atoms with E-state index in [0.717, 1.165) is 20.5 Å². The molecule has 0 fully saturated rings. The second kappa shape index (κ2) is 8.60. The number of aromatic nitrogens is 1. The fourth-order valence-corrected chi connectivity index (χ4v) is 4.56. The summed E-state index contributed by atoms with van der Waals surface area (Å²) in [5.74, 6) is 0.223. The van der Waals surface area contributed by atoms with E-state index in [-0.39, 0.29) is 30.0 Å². The zero-order valence-electron chi connectivity index (χ0n) is 17.7. The van der Waals surface area contributed by atoms with Gasteiger partial charge in [-0.2, -0.15) is 0 Å². The minimum atomic E-state index is -3.75. The molecule has 32 heavy (non-hydrogen) atoms. The molecule has 0 radical (unpaired) electrons. The van der Waals surface area contributed by atoms with Crippen molar-refractivity contribution in [2.45, 2.75) is 17.5 Å². The van der Waals surface area contributed by atoms with Crippen molar-refractivity contribution < 1.29 is 17.9 Å². The van der Waals surface area contributed by atoms with E-state index >= 15 is 0 Å². The quantitative estimate of drug-likeness (QED) is 0.591. The molecule has 0 N–H and O–H groups in total. The third-order valence-corrected chi connectivity index (χ3v) is 7.13. The van der Waals surface area contributed by atoms with Crippen LogP contribution in [-0.4, -0.2) is 43.9 Å². The predicted molar refractivity (Wildman–Crippen MR) is 120 cm³/mol. The number of pyridine rings is 1. The Morgan fingerprint density at radius 2 is 1.72 bits per heavy atom. The van der Waals surface area contributed by atoms with Crippen molar-refractivity contribution >= 4 is 21.6 Å². The Morgan fingerprint density at radius 1 is 1.03 bits per heavy atom. The van der Waals surface area contributed by atoms with Crippen molar-refractivity contribution in [2.24, 2.45) is 0 Å². The van der Waals surface area contributed by atoms with Gasteiger partial charge in [-0.05, 0) is 23.8 Å². The molecule has 0 saturated carbocycles. The molecule has 2 heterocycles. The third kappa shape index (κ3) is 4.04. The van der Waals surface area contributed by atoms with Crippen LogP contribution in [0.3, 0.4) is 0 Å². The lowest BCUT2D eigenvalue weighted by Gasteiger charge is -2.37. The van der Waals surface area contributed by atoms with Gasteiger partial charge in [0.25, 0.3) is 5.56 Å². The van der Waals surface area contributed by atoms with Crippen LogP contribution in [0.5, 0.6) is 5.75 Å². The lowest BCUT2D eigenvalue weighted by Crippen LogP contribution is -2.43. The largest absolute Gasteiger partial charge is 0.489 e. The maximum atomic E-state index is 13.5. The number of amides is 1. The molecule has 4 rings (SSSR count). The number of nitrogens with zero attached hydrogens (tertiary/aromatic N) is 3. The number of carbonyl (C=O) groups excluding carboxylic acids is 1. The predicted octanol–water partition coefficient (Wildman–Crippen LogP) is 2.27. The highest BCUT2D eigenvalue weighted by Gasteiger charge is 2.33. The molecular formula is C23H23N3O5S. The highest BCUT2D eigenvalue weighted by Crippen LogP contribution is 2.39. The first-order chi connectivity index (χ1) is 15.3. The van der Waals surface area contributed by atoms with Gasteiger partial charge in [0.15, 0.2) is 0 Å². The second-order valence-corrected chi connectivity index (χ2v) is 9.74. The molecule has 1 aromatic heterocycles. The van der Waals surface area contributed by atoms with Crippen LogP contribution >= 0.6 is 0 Å². The number of benzene rings is 2. The lowest BCUT2D eigenvalue weighted by atomic mass is 10.0. The van der Waals surface area contributed by atoms with Gasteiger partial charge in [0.2, 0.25) is 15.9 Å². The maximum absolute atomic E-state index is 13.5. The van der Waals surface area contributed by atoms with Crippen molar-refractivity contribution in [1.29, 1.82) is 0 Å². The van der Waals surface area contributed by atoms with E-state index in [1.807, 2.05) is 42.5 Å². The molecule has 0 saturated heterocycles. The Morgan fingerprint density at radius 3 is 2.44 bits per heavy atom. The van der Waals surface area contributed by atoms with Crippen molar-refractivity contribution in [1.82, 2.24) is 8.87 Å². The standard InChI is InChI=1S/C23H23N3O5S/c1-24(2)32(29,30)18-12-13-22(27)25(14-18)15-23(28)26-19-10-6-7-11-21(19)31-16-20(26)17-8-4-3-5-9-17/h3-14,20H,15-16H2,1-2H3/t20-/m0/s1. The van der Waals surface area contributed by atoms with Crippen LogP contribution in [0.4, 0.5) is 5.69 Å². The molecule has 0 unspecified atom stereocenters. The molecule has 8 nitrogen and oxygen atoms in total. The molecule has 9 heteroatoms. The van der Waals surface area contributed by atoms with Gasteiger partial charge in [-0.25, -0.2) is 12.7 Å². The van der Waals surface area contributed by atoms with Crippen molar-refractivity contribution in [3.63, 3.8) is 0 Å². The Kier molecular flexibility index (Phi) is 5.86. The van der Waals surface area contributed by atoms with Gasteiger partial charge < -0.3 is 9.30 Å². The van der Waals surface area contributed by atoms with E-state index in [2.05, 4.69) is 0 Å². The van der Waals surface area contributed by atoms with E-state index in [4.69, 9.17) is 4.74 Å². The minimum Gasteiger partial charge on any atom is -0.489 e. The maximum Gasteiger partial charge on any atom is 0.251 e. The minimum absolute atomic E-state index is 0.0584. The zero-order chi connectivity index (χ0) is 22.9. The summed E-state index contributed by atoms with van der Waals surface area (Å²) in [6.45, 7) is -0.0516. The average molecular weight is 454 g/mol. The third-order valence-electron chi connectivity index (χ3n) is 5.33. The van der Waals surface area contributed by atoms with Gasteiger partial charge in [-0.15, -0.1) is 0 Å². The molecule has 1 amide bonds. The molecule has 1 aliphatic heterocycles. The molecule has 0 spiro atoms. The van der Waals surface area contributed by atoms with Crippen molar-refractivity contribution in [3.8, 4) is 5.75 Å². The van der Waals surface area contributed by atoms with Crippen molar-refractivity contribution in [3.05, 3.63) is 88.8 Å². The summed E-state index contributed by atoms with van der Waals surface area (Å²) in [4.78, 5) is 27.5. The Bertz CT molecular complexity index is 1300. The van der Waals surface area contributed by atoms with Crippen LogP contribution in [-0.2, 0) is 21.4 Å². The van der Waals surface area contributed by atoms with Crippen LogP contribution in [0.15, 0.2) is 82.6 Å². The van der Waals surface area contributed by atoms with Gasteiger partial charge in [0.05, 0.1) is 16.6 Å². The number of carbonyl (C=O) groups is 1. The van der Waals surface area contributed by atoms with E-state index in [1.165, 1.54) is 26.4 Å². The van der Waals surface area contributed by atoms with E-state index < -0.39 is 15.6 Å². The summed E-state index contributed by atoms with van der Waals surface area (Å²) in [5, 5.41) is 0. The normalized spacial score (nSPS) is 15.8. The van der Waals surface area contributed by atoms with Gasteiger partial charge >= 0.3 is 0 Å². The van der Waals surface area contributed by atoms with Gasteiger partial charge in [0.1, 0.15) is 18.9 Å². The molecule has 2 aromatic carbocycles. The number of hydrogen-bond acceptors (Lipinski definition) is 5. The first-order valence-electron chi connectivity index (χ1n) is 10.0. The SMILES string of the molecule is CN(C)S(=O)(=O)c1ccc(=O)n(CC(=O)N2c3ccccc3OC[C@H]2c2ccccc2)c1. The summed E-state index contributed by atoms with van der Waals surface area (Å²) in [6.07, 6.45) is 1.21. The first-order valence-corrected chi connectivity index (χ1v) is 11.4. The number of anilines is 1. The molecule has 0 aliphatic carbocycles. The number of rotatable bonds is 5. The first kappa shape index (κ1) is 21.8. The topological polar surface area (TPSA) is 88.9 Å². The van der Waals surface area contributed by atoms with Gasteiger partial charge in [0, 0.05) is 26.4 Å². The van der Waals surface area contributed by atoms with Crippen LogP contribution in [0.25, 0.3) is 0 Å². The lowest BCUT2D eigenvalue weighted by molar-refractivity contribution is -0.120.